The predicted octanol–water partition coefficient (Wildman–Crippen LogP) is 4.71. The van der Waals surface area contributed by atoms with Crippen LogP contribution in [0.5, 0.6) is 0 Å². The van der Waals surface area contributed by atoms with Gasteiger partial charge in [0.2, 0.25) is 11.8 Å². The van der Waals surface area contributed by atoms with Gasteiger partial charge in [0.25, 0.3) is 0 Å². The number of halogens is 2. The molecule has 2 rings (SSSR count). The summed E-state index contributed by atoms with van der Waals surface area (Å²) < 4.78 is 0. The van der Waals surface area contributed by atoms with Crippen LogP contribution in [0.15, 0.2) is 48.5 Å². The fourth-order valence-electron chi connectivity index (χ4n) is 2.34. The third-order valence-electron chi connectivity index (χ3n) is 4.08. The van der Waals surface area contributed by atoms with Gasteiger partial charge in [0.05, 0.1) is 10.7 Å². The number of hydrogen-bond donors (Lipinski definition) is 2. The first-order valence-corrected chi connectivity index (χ1v) is 9.15. The molecule has 0 fully saturated rings. The van der Waals surface area contributed by atoms with Gasteiger partial charge in [0.1, 0.15) is 5.41 Å². The van der Waals surface area contributed by atoms with E-state index in [0.717, 1.165) is 12.8 Å². The molecule has 0 saturated heterocycles. The quantitative estimate of drug-likeness (QED) is 0.529. The maximum absolute atomic E-state index is 12.5. The summed E-state index contributed by atoms with van der Waals surface area (Å²) in [6.45, 7) is 3.66. The summed E-state index contributed by atoms with van der Waals surface area (Å²) in [5.41, 5.74) is 0.363. The van der Waals surface area contributed by atoms with Crippen LogP contribution in [0, 0.1) is 5.41 Å². The maximum atomic E-state index is 12.5. The van der Waals surface area contributed by atoms with E-state index in [0.29, 0.717) is 22.3 Å². The first-order chi connectivity index (χ1) is 12.3. The molecule has 26 heavy (non-hydrogen) atoms. The Hall–Kier alpha value is -2.04. The molecule has 0 aromatic heterocycles. The molecule has 0 aliphatic rings. The summed E-state index contributed by atoms with van der Waals surface area (Å²) >= 11 is 12.0. The molecule has 0 heterocycles. The maximum Gasteiger partial charge on any atom is 0.239 e. The van der Waals surface area contributed by atoms with E-state index in [2.05, 4.69) is 10.6 Å². The van der Waals surface area contributed by atoms with Gasteiger partial charge in [0.15, 0.2) is 0 Å². The minimum Gasteiger partial charge on any atom is -0.355 e. The highest BCUT2D eigenvalue weighted by atomic mass is 35.5. The molecular weight excluding hydrogens is 371 g/mol. The van der Waals surface area contributed by atoms with E-state index in [-0.39, 0.29) is 5.91 Å². The lowest BCUT2D eigenvalue weighted by atomic mass is 9.91. The fourth-order valence-corrected chi connectivity index (χ4v) is 2.67. The van der Waals surface area contributed by atoms with E-state index < -0.39 is 11.3 Å². The normalized spacial score (nSPS) is 11.1. The number of benzene rings is 2. The zero-order valence-electron chi connectivity index (χ0n) is 14.8. The third kappa shape index (κ3) is 5.48. The molecule has 0 unspecified atom stereocenters. The van der Waals surface area contributed by atoms with Crippen molar-refractivity contribution in [1.82, 2.24) is 5.32 Å². The Morgan fingerprint density at radius 1 is 1.00 bits per heavy atom. The first kappa shape index (κ1) is 20.3. The zero-order valence-corrected chi connectivity index (χ0v) is 16.3. The molecule has 0 radical (unpaired) electrons. The highest BCUT2D eigenvalue weighted by Crippen LogP contribution is 2.27. The summed E-state index contributed by atoms with van der Waals surface area (Å²) in [7, 11) is 0. The molecule has 2 amide bonds. The van der Waals surface area contributed by atoms with Crippen LogP contribution in [0.3, 0.4) is 0 Å². The Balaban J connectivity index is 1.87. The van der Waals surface area contributed by atoms with Crippen molar-refractivity contribution in [2.24, 2.45) is 5.41 Å². The lowest BCUT2D eigenvalue weighted by molar-refractivity contribution is -0.138. The number of carbonyl (C=O) groups excluding carboxylic acids is 2. The van der Waals surface area contributed by atoms with Crippen LogP contribution in [0.1, 0.15) is 25.8 Å². The van der Waals surface area contributed by atoms with Gasteiger partial charge in [-0.25, -0.2) is 0 Å². The van der Waals surface area contributed by atoms with E-state index in [1.54, 1.807) is 32.0 Å². The van der Waals surface area contributed by atoms with Gasteiger partial charge in [-0.1, -0.05) is 53.5 Å². The zero-order chi connectivity index (χ0) is 19.2. The topological polar surface area (TPSA) is 58.2 Å². The van der Waals surface area contributed by atoms with Crippen LogP contribution in [-0.2, 0) is 16.0 Å². The Kier molecular flexibility index (Phi) is 7.06. The Labute approximate surface area is 163 Å². The highest BCUT2D eigenvalue weighted by molar-refractivity contribution is 6.35. The van der Waals surface area contributed by atoms with Gasteiger partial charge in [-0.15, -0.1) is 0 Å². The number of nitrogens with one attached hydrogen (secondary N) is 2. The van der Waals surface area contributed by atoms with E-state index >= 15 is 0 Å². The van der Waals surface area contributed by atoms with Gasteiger partial charge < -0.3 is 10.6 Å². The lowest BCUT2D eigenvalue weighted by Gasteiger charge is -2.23. The molecule has 2 aromatic rings. The standard InChI is InChI=1S/C20H22Cl2N2O2/c1-20(2,19(26)24-17-13-15(21)10-11-16(17)22)18(25)23-12-6-9-14-7-4-3-5-8-14/h3-5,7-8,10-11,13H,6,9,12H2,1-2H3,(H,23,25)(H,24,26). The molecule has 0 atom stereocenters. The van der Waals surface area contributed by atoms with E-state index in [1.807, 2.05) is 30.3 Å². The summed E-state index contributed by atoms with van der Waals surface area (Å²) in [5.74, 6) is -0.775. The van der Waals surface area contributed by atoms with E-state index in [1.165, 1.54) is 5.56 Å². The van der Waals surface area contributed by atoms with Crippen molar-refractivity contribution in [3.05, 3.63) is 64.1 Å². The fraction of sp³-hybridized carbons (Fsp3) is 0.300. The molecule has 4 nitrogen and oxygen atoms in total. The SMILES string of the molecule is CC(C)(C(=O)NCCCc1ccccc1)C(=O)Nc1cc(Cl)ccc1Cl. The second-order valence-electron chi connectivity index (χ2n) is 6.55. The second-order valence-corrected chi connectivity index (χ2v) is 7.39. The number of amides is 2. The molecule has 6 heteroatoms. The largest absolute Gasteiger partial charge is 0.355 e. The molecule has 0 saturated carbocycles. The van der Waals surface area contributed by atoms with Crippen molar-refractivity contribution in [2.75, 3.05) is 11.9 Å². The number of anilines is 1. The Bertz CT molecular complexity index is 777. The van der Waals surface area contributed by atoms with Crippen LogP contribution < -0.4 is 10.6 Å². The van der Waals surface area contributed by atoms with E-state index in [9.17, 15) is 9.59 Å². The van der Waals surface area contributed by atoms with Crippen molar-refractivity contribution in [3.8, 4) is 0 Å². The monoisotopic (exact) mass is 392 g/mol. The Morgan fingerprint density at radius 3 is 2.38 bits per heavy atom. The predicted molar refractivity (Wildman–Crippen MR) is 107 cm³/mol. The third-order valence-corrected chi connectivity index (χ3v) is 4.65. The van der Waals surface area contributed by atoms with Crippen molar-refractivity contribution < 1.29 is 9.59 Å². The molecule has 2 aromatic carbocycles. The van der Waals surface area contributed by atoms with Crippen LogP contribution in [-0.4, -0.2) is 18.4 Å². The van der Waals surface area contributed by atoms with Gasteiger partial charge >= 0.3 is 0 Å². The van der Waals surface area contributed by atoms with E-state index in [4.69, 9.17) is 23.2 Å². The average molecular weight is 393 g/mol. The minimum absolute atomic E-state index is 0.332. The molecular formula is C20H22Cl2N2O2. The minimum atomic E-state index is -1.24. The summed E-state index contributed by atoms with van der Waals surface area (Å²) in [6, 6.07) is 14.8. The Morgan fingerprint density at radius 2 is 1.69 bits per heavy atom. The number of carbonyl (C=O) groups is 2. The van der Waals surface area contributed by atoms with Gasteiger partial charge in [-0.2, -0.15) is 0 Å². The number of hydrogen-bond acceptors (Lipinski definition) is 2. The van der Waals surface area contributed by atoms with Crippen LogP contribution >= 0.6 is 23.2 Å². The highest BCUT2D eigenvalue weighted by Gasteiger charge is 2.36. The first-order valence-electron chi connectivity index (χ1n) is 8.39. The van der Waals surface area contributed by atoms with Gasteiger partial charge in [0, 0.05) is 11.6 Å². The molecule has 0 spiro atoms. The number of aryl methyl sites for hydroxylation is 1. The van der Waals surface area contributed by atoms with Crippen molar-refractivity contribution in [2.45, 2.75) is 26.7 Å². The van der Waals surface area contributed by atoms with Gasteiger partial charge in [-0.3, -0.25) is 9.59 Å². The summed E-state index contributed by atoms with van der Waals surface area (Å²) in [4.78, 5) is 24.9. The van der Waals surface area contributed by atoms with Crippen molar-refractivity contribution in [3.63, 3.8) is 0 Å². The molecule has 0 aliphatic heterocycles. The number of rotatable bonds is 7. The smallest absolute Gasteiger partial charge is 0.239 e. The van der Waals surface area contributed by atoms with Gasteiger partial charge in [-0.05, 0) is 50.5 Å². The van der Waals surface area contributed by atoms with Crippen LogP contribution in [0.4, 0.5) is 5.69 Å². The average Bonchev–Trinajstić information content (AvgIpc) is 2.62. The van der Waals surface area contributed by atoms with Crippen molar-refractivity contribution >= 4 is 40.7 Å². The second kappa shape index (κ2) is 9.06. The molecule has 2 N–H and O–H groups in total. The lowest BCUT2D eigenvalue weighted by Crippen LogP contribution is -2.45. The molecule has 0 bridgehead atoms. The summed E-state index contributed by atoms with van der Waals surface area (Å²) in [5, 5.41) is 6.31. The molecule has 138 valence electrons. The van der Waals surface area contributed by atoms with Crippen LogP contribution in [0.2, 0.25) is 10.0 Å². The van der Waals surface area contributed by atoms with Crippen molar-refractivity contribution in [1.29, 1.82) is 0 Å². The molecule has 0 aliphatic carbocycles. The van der Waals surface area contributed by atoms with Crippen LogP contribution in [0.25, 0.3) is 0 Å². The summed E-state index contributed by atoms with van der Waals surface area (Å²) in [6.07, 6.45) is 1.67.